The van der Waals surface area contributed by atoms with Crippen LogP contribution in [0.25, 0.3) is 0 Å². The van der Waals surface area contributed by atoms with E-state index in [0.717, 1.165) is 30.9 Å². The highest BCUT2D eigenvalue weighted by atomic mass is 19.1. The molecule has 1 saturated carbocycles. The van der Waals surface area contributed by atoms with E-state index in [1.165, 1.54) is 12.8 Å². The second-order valence-electron chi connectivity index (χ2n) is 5.43. The molecular weight excluding hydrogens is 246 g/mol. The van der Waals surface area contributed by atoms with Gasteiger partial charge in [-0.25, -0.2) is 8.78 Å². The van der Waals surface area contributed by atoms with Gasteiger partial charge in [-0.15, -0.1) is 0 Å². The highest BCUT2D eigenvalue weighted by molar-refractivity contribution is 5.50. The van der Waals surface area contributed by atoms with Gasteiger partial charge in [0.1, 0.15) is 5.69 Å². The molecule has 1 aliphatic rings. The molecule has 0 atom stereocenters. The van der Waals surface area contributed by atoms with E-state index in [2.05, 4.69) is 12.2 Å². The predicted molar refractivity (Wildman–Crippen MR) is 70.7 cm³/mol. The van der Waals surface area contributed by atoms with Crippen LogP contribution < -0.4 is 5.32 Å². The topological polar surface area (TPSA) is 35.8 Å². The lowest BCUT2D eigenvalue weighted by Crippen LogP contribution is -2.21. The van der Waals surface area contributed by atoms with Crippen molar-refractivity contribution in [3.05, 3.63) is 29.3 Å². The maximum Gasteiger partial charge on any atom is 0.150 e. The number of anilines is 1. The van der Waals surface area contributed by atoms with Gasteiger partial charge >= 0.3 is 0 Å². The Hall–Kier alpha value is -1.63. The maximum atomic E-state index is 13.7. The van der Waals surface area contributed by atoms with Gasteiger partial charge in [0.05, 0.1) is 11.6 Å². The van der Waals surface area contributed by atoms with Crippen molar-refractivity contribution in [2.45, 2.75) is 32.6 Å². The number of halogens is 2. The Morgan fingerprint density at radius 1 is 1.21 bits per heavy atom. The van der Waals surface area contributed by atoms with Gasteiger partial charge in [0.15, 0.2) is 11.6 Å². The zero-order valence-corrected chi connectivity index (χ0v) is 11.0. The highest BCUT2D eigenvalue weighted by Crippen LogP contribution is 2.29. The molecule has 4 heteroatoms. The Balaban J connectivity index is 1.98. The first-order valence-electron chi connectivity index (χ1n) is 6.73. The largest absolute Gasteiger partial charge is 0.380 e. The van der Waals surface area contributed by atoms with Crippen LogP contribution in [0.1, 0.15) is 38.2 Å². The molecule has 2 nitrogen and oxygen atoms in total. The minimum atomic E-state index is -0.694. The highest BCUT2D eigenvalue weighted by Gasteiger charge is 2.19. The monoisotopic (exact) mass is 264 g/mol. The normalized spacial score (nSPS) is 22.8. The first-order chi connectivity index (χ1) is 9.10. The SMILES string of the molecule is CC1CCC(CNc2c(F)cc(C#N)cc2F)CC1. The summed E-state index contributed by atoms with van der Waals surface area (Å²) >= 11 is 0. The van der Waals surface area contributed by atoms with Gasteiger partial charge in [0, 0.05) is 6.54 Å². The Labute approximate surface area is 112 Å². The summed E-state index contributed by atoms with van der Waals surface area (Å²) in [5.74, 6) is -0.147. The van der Waals surface area contributed by atoms with Gasteiger partial charge in [-0.1, -0.05) is 19.8 Å². The van der Waals surface area contributed by atoms with Gasteiger partial charge in [-0.3, -0.25) is 0 Å². The van der Waals surface area contributed by atoms with Crippen LogP contribution in [0.15, 0.2) is 12.1 Å². The number of benzene rings is 1. The first kappa shape index (κ1) is 13.8. The minimum Gasteiger partial charge on any atom is -0.380 e. The Morgan fingerprint density at radius 3 is 2.32 bits per heavy atom. The lowest BCUT2D eigenvalue weighted by Gasteiger charge is -2.26. The molecule has 1 aromatic rings. The zero-order valence-electron chi connectivity index (χ0n) is 11.0. The second-order valence-corrected chi connectivity index (χ2v) is 5.43. The lowest BCUT2D eigenvalue weighted by molar-refractivity contribution is 0.300. The van der Waals surface area contributed by atoms with E-state index in [4.69, 9.17) is 5.26 Å². The molecule has 0 bridgehead atoms. The molecule has 1 fully saturated rings. The van der Waals surface area contributed by atoms with Crippen molar-refractivity contribution in [1.82, 2.24) is 0 Å². The number of nitrogens with one attached hydrogen (secondary N) is 1. The summed E-state index contributed by atoms with van der Waals surface area (Å²) in [4.78, 5) is 0. The van der Waals surface area contributed by atoms with Gasteiger partial charge in [0.2, 0.25) is 0 Å². The molecule has 0 saturated heterocycles. The van der Waals surface area contributed by atoms with Crippen molar-refractivity contribution in [3.8, 4) is 6.07 Å². The quantitative estimate of drug-likeness (QED) is 0.893. The van der Waals surface area contributed by atoms with Gasteiger partial charge in [-0.2, -0.15) is 5.26 Å². The Morgan fingerprint density at radius 2 is 1.79 bits per heavy atom. The number of nitrogens with zero attached hydrogens (tertiary/aromatic N) is 1. The molecule has 1 N–H and O–H groups in total. The van der Waals surface area contributed by atoms with Crippen LogP contribution in [0, 0.1) is 34.8 Å². The summed E-state index contributed by atoms with van der Waals surface area (Å²) in [5, 5.41) is 11.5. The van der Waals surface area contributed by atoms with E-state index in [9.17, 15) is 8.78 Å². The molecule has 19 heavy (non-hydrogen) atoms. The second kappa shape index (κ2) is 6.01. The van der Waals surface area contributed by atoms with E-state index in [0.29, 0.717) is 12.5 Å². The molecule has 0 amide bonds. The van der Waals surface area contributed by atoms with Crippen LogP contribution >= 0.6 is 0 Å². The summed E-state index contributed by atoms with van der Waals surface area (Å²) in [7, 11) is 0. The fourth-order valence-corrected chi connectivity index (χ4v) is 2.59. The van der Waals surface area contributed by atoms with Crippen LogP contribution in [-0.4, -0.2) is 6.54 Å². The van der Waals surface area contributed by atoms with Crippen LogP contribution in [-0.2, 0) is 0 Å². The zero-order chi connectivity index (χ0) is 13.8. The van der Waals surface area contributed by atoms with Crippen molar-refractivity contribution >= 4 is 5.69 Å². The molecule has 0 aliphatic heterocycles. The molecule has 0 spiro atoms. The van der Waals surface area contributed by atoms with E-state index < -0.39 is 11.6 Å². The molecule has 0 heterocycles. The van der Waals surface area contributed by atoms with Crippen LogP contribution in [0.4, 0.5) is 14.5 Å². The fourth-order valence-electron chi connectivity index (χ4n) is 2.59. The predicted octanol–water partition coefficient (Wildman–Crippen LogP) is 4.07. The van der Waals surface area contributed by atoms with E-state index in [-0.39, 0.29) is 11.3 Å². The average Bonchev–Trinajstić information content (AvgIpc) is 2.39. The third kappa shape index (κ3) is 3.44. The van der Waals surface area contributed by atoms with Crippen LogP contribution in [0.2, 0.25) is 0 Å². The molecule has 1 aliphatic carbocycles. The molecule has 102 valence electrons. The van der Waals surface area contributed by atoms with E-state index in [1.807, 2.05) is 0 Å². The summed E-state index contributed by atoms with van der Waals surface area (Å²) in [5.41, 5.74) is -0.107. The lowest BCUT2D eigenvalue weighted by atomic mass is 9.83. The maximum absolute atomic E-state index is 13.7. The van der Waals surface area contributed by atoms with Gasteiger partial charge in [-0.05, 0) is 36.8 Å². The van der Waals surface area contributed by atoms with Crippen molar-refractivity contribution in [2.24, 2.45) is 11.8 Å². The summed E-state index contributed by atoms with van der Waals surface area (Å²) in [6.07, 6.45) is 4.58. The Kier molecular flexibility index (Phi) is 4.36. The molecule has 0 radical (unpaired) electrons. The summed E-state index contributed by atoms with van der Waals surface area (Å²) in [6.45, 7) is 2.83. The summed E-state index contributed by atoms with van der Waals surface area (Å²) in [6, 6.07) is 3.87. The van der Waals surface area contributed by atoms with Crippen molar-refractivity contribution in [2.75, 3.05) is 11.9 Å². The third-order valence-corrected chi connectivity index (χ3v) is 3.87. The fraction of sp³-hybridized carbons (Fsp3) is 0.533. The van der Waals surface area contributed by atoms with Crippen molar-refractivity contribution in [1.29, 1.82) is 5.26 Å². The van der Waals surface area contributed by atoms with Gasteiger partial charge in [0.25, 0.3) is 0 Å². The molecular formula is C15H18F2N2. The van der Waals surface area contributed by atoms with E-state index >= 15 is 0 Å². The standard InChI is InChI=1S/C15H18F2N2/c1-10-2-4-11(5-3-10)9-19-15-13(16)6-12(8-18)7-14(15)17/h6-7,10-11,19H,2-5,9H2,1H3. The Bertz CT molecular complexity index is 462. The number of rotatable bonds is 3. The number of hydrogen-bond donors (Lipinski definition) is 1. The number of hydrogen-bond acceptors (Lipinski definition) is 2. The summed E-state index contributed by atoms with van der Waals surface area (Å²) < 4.78 is 27.3. The molecule has 1 aromatic carbocycles. The van der Waals surface area contributed by atoms with Gasteiger partial charge < -0.3 is 5.32 Å². The average molecular weight is 264 g/mol. The van der Waals surface area contributed by atoms with Crippen molar-refractivity contribution < 1.29 is 8.78 Å². The molecule has 0 unspecified atom stereocenters. The van der Waals surface area contributed by atoms with Crippen molar-refractivity contribution in [3.63, 3.8) is 0 Å². The minimum absolute atomic E-state index is 0.00652. The molecule has 0 aromatic heterocycles. The van der Waals surface area contributed by atoms with Crippen LogP contribution in [0.3, 0.4) is 0 Å². The smallest absolute Gasteiger partial charge is 0.150 e. The van der Waals surface area contributed by atoms with E-state index in [1.54, 1.807) is 6.07 Å². The first-order valence-corrected chi connectivity index (χ1v) is 6.73. The number of nitriles is 1. The van der Waals surface area contributed by atoms with Crippen LogP contribution in [0.5, 0.6) is 0 Å². The third-order valence-electron chi connectivity index (χ3n) is 3.87. The molecule has 2 rings (SSSR count).